The van der Waals surface area contributed by atoms with Gasteiger partial charge >= 0.3 is 0 Å². The van der Waals surface area contributed by atoms with Crippen molar-refractivity contribution in [2.24, 2.45) is 0 Å². The van der Waals surface area contributed by atoms with Crippen LogP contribution < -0.4 is 0 Å². The summed E-state index contributed by atoms with van der Waals surface area (Å²) in [6.45, 7) is 4.70. The number of halogens is 1. The fourth-order valence-electron chi connectivity index (χ4n) is 5.36. The Bertz CT molecular complexity index is 1770. The van der Waals surface area contributed by atoms with Crippen LogP contribution in [0.4, 0.5) is 10.1 Å². The highest BCUT2D eigenvalue weighted by Gasteiger charge is 2.26. The Labute approximate surface area is 236 Å². The van der Waals surface area contributed by atoms with Gasteiger partial charge in [0.25, 0.3) is 11.6 Å². The molecule has 0 atom stereocenters. The van der Waals surface area contributed by atoms with E-state index in [0.29, 0.717) is 44.0 Å². The molecule has 0 saturated carbocycles. The molecule has 1 amide bonds. The molecule has 3 heterocycles. The first-order chi connectivity index (χ1) is 19.9. The number of carbonyl (C=O) groups is 1. The molecule has 1 aliphatic rings. The largest absolute Gasteiger partial charge is 0.336 e. The van der Waals surface area contributed by atoms with Crippen LogP contribution in [0.3, 0.4) is 0 Å². The maximum atomic E-state index is 14.2. The van der Waals surface area contributed by atoms with Crippen LogP contribution in [0.15, 0.2) is 91.1 Å². The number of nitro groups is 1. The Morgan fingerprint density at radius 1 is 0.902 bits per heavy atom. The number of benzene rings is 3. The summed E-state index contributed by atoms with van der Waals surface area (Å²) in [5.74, 6) is -0.825. The molecular formula is C32H28FN5O3. The monoisotopic (exact) mass is 549 g/mol. The molecule has 1 saturated heterocycles. The fourth-order valence-corrected chi connectivity index (χ4v) is 5.36. The number of hydrogen-bond acceptors (Lipinski definition) is 5. The number of nitrogens with zero attached hydrogens (tertiary/aromatic N) is 5. The Balaban J connectivity index is 1.33. The Hall–Kier alpha value is -4.89. The zero-order valence-electron chi connectivity index (χ0n) is 22.5. The van der Waals surface area contributed by atoms with Crippen molar-refractivity contribution in [3.8, 4) is 22.4 Å². The summed E-state index contributed by atoms with van der Waals surface area (Å²) in [6.07, 6.45) is 2.06. The number of rotatable bonds is 6. The van der Waals surface area contributed by atoms with E-state index in [9.17, 15) is 19.3 Å². The lowest BCUT2D eigenvalue weighted by molar-refractivity contribution is -0.384. The molecule has 0 N–H and O–H groups in total. The molecule has 1 fully saturated rings. The molecule has 0 spiro atoms. The number of carbonyl (C=O) groups excluding carboxylic acids is 1. The number of fused-ring (bicyclic) bond motifs is 1. The molecule has 0 radical (unpaired) electrons. The number of piperazine rings is 1. The van der Waals surface area contributed by atoms with Gasteiger partial charge < -0.3 is 9.30 Å². The predicted molar refractivity (Wildman–Crippen MR) is 155 cm³/mol. The second kappa shape index (κ2) is 10.9. The highest BCUT2D eigenvalue weighted by molar-refractivity contribution is 5.94. The lowest BCUT2D eigenvalue weighted by Gasteiger charge is -2.34. The first kappa shape index (κ1) is 26.3. The number of aromatic nitrogens is 2. The summed E-state index contributed by atoms with van der Waals surface area (Å²) in [6, 6.07) is 24.9. The summed E-state index contributed by atoms with van der Waals surface area (Å²) in [5.41, 5.74) is 6.37. The third kappa shape index (κ3) is 5.31. The van der Waals surface area contributed by atoms with Crippen LogP contribution in [0.1, 0.15) is 21.6 Å². The Morgan fingerprint density at radius 2 is 1.66 bits per heavy atom. The highest BCUT2D eigenvalue weighted by Crippen LogP contribution is 2.31. The lowest BCUT2D eigenvalue weighted by Crippen LogP contribution is -2.48. The van der Waals surface area contributed by atoms with Crippen molar-refractivity contribution in [2.75, 3.05) is 26.2 Å². The van der Waals surface area contributed by atoms with E-state index in [1.165, 1.54) is 18.2 Å². The van der Waals surface area contributed by atoms with Crippen molar-refractivity contribution in [1.82, 2.24) is 19.2 Å². The quantitative estimate of drug-likeness (QED) is 0.192. The number of imidazole rings is 1. The average Bonchev–Trinajstić information content (AvgIpc) is 3.35. The Morgan fingerprint density at radius 3 is 2.41 bits per heavy atom. The summed E-state index contributed by atoms with van der Waals surface area (Å²) < 4.78 is 16.3. The molecule has 3 aromatic carbocycles. The van der Waals surface area contributed by atoms with Gasteiger partial charge in [-0.3, -0.25) is 19.8 Å². The van der Waals surface area contributed by atoms with E-state index in [0.717, 1.165) is 28.0 Å². The third-order valence-corrected chi connectivity index (χ3v) is 7.54. The second-order valence-electron chi connectivity index (χ2n) is 10.3. The maximum Gasteiger partial charge on any atom is 0.270 e. The first-order valence-corrected chi connectivity index (χ1v) is 13.5. The van der Waals surface area contributed by atoms with Crippen LogP contribution in [-0.4, -0.2) is 56.2 Å². The minimum atomic E-state index is -0.517. The van der Waals surface area contributed by atoms with Crippen molar-refractivity contribution in [3.05, 3.63) is 124 Å². The summed E-state index contributed by atoms with van der Waals surface area (Å²) in [4.78, 5) is 32.9. The van der Waals surface area contributed by atoms with Gasteiger partial charge in [0.2, 0.25) is 0 Å². The van der Waals surface area contributed by atoms with Crippen LogP contribution in [0.5, 0.6) is 0 Å². The lowest BCUT2D eigenvalue weighted by atomic mass is 10.1. The second-order valence-corrected chi connectivity index (χ2v) is 10.3. The summed E-state index contributed by atoms with van der Waals surface area (Å²) in [7, 11) is 0. The molecule has 41 heavy (non-hydrogen) atoms. The van der Waals surface area contributed by atoms with Crippen molar-refractivity contribution in [3.63, 3.8) is 0 Å². The molecule has 0 bridgehead atoms. The smallest absolute Gasteiger partial charge is 0.270 e. The molecule has 0 unspecified atom stereocenters. The molecule has 5 aromatic rings. The molecule has 6 rings (SSSR count). The van der Waals surface area contributed by atoms with Gasteiger partial charge in [0.1, 0.15) is 11.5 Å². The normalized spacial score (nSPS) is 14.0. The minimum absolute atomic E-state index is 0.00577. The number of pyridine rings is 1. The standard InChI is InChI=1S/C32H28FN5O3/c1-22-6-4-7-23(18-22)25-12-13-30-34-31(24-8-5-9-26(19-24)38(40)41)29(37(30)20-25)21-35-14-16-36(17-15-35)32(39)27-10-2-3-11-28(27)33/h2-13,18-20H,14-17,21H2,1H3. The zero-order chi connectivity index (χ0) is 28.5. The number of nitro benzene ring substituents is 1. The number of non-ortho nitro benzene ring substituents is 1. The zero-order valence-corrected chi connectivity index (χ0v) is 22.5. The van der Waals surface area contributed by atoms with Gasteiger partial charge in [-0.05, 0) is 42.3 Å². The first-order valence-electron chi connectivity index (χ1n) is 13.5. The van der Waals surface area contributed by atoms with Crippen molar-refractivity contribution < 1.29 is 14.1 Å². The van der Waals surface area contributed by atoms with Crippen molar-refractivity contribution in [1.29, 1.82) is 0 Å². The van der Waals surface area contributed by atoms with Crippen LogP contribution in [0.2, 0.25) is 0 Å². The summed E-state index contributed by atoms with van der Waals surface area (Å²) >= 11 is 0. The van der Waals surface area contributed by atoms with Crippen LogP contribution >= 0.6 is 0 Å². The van der Waals surface area contributed by atoms with E-state index < -0.39 is 10.7 Å². The van der Waals surface area contributed by atoms with E-state index in [1.54, 1.807) is 29.2 Å². The molecule has 9 heteroatoms. The maximum absolute atomic E-state index is 14.2. The minimum Gasteiger partial charge on any atom is -0.336 e. The van der Waals surface area contributed by atoms with Gasteiger partial charge in [0.05, 0.1) is 21.9 Å². The molecule has 8 nitrogen and oxygen atoms in total. The molecule has 206 valence electrons. The van der Waals surface area contributed by atoms with Gasteiger partial charge in [-0.25, -0.2) is 9.37 Å². The Kier molecular flexibility index (Phi) is 7.03. The van der Waals surface area contributed by atoms with Crippen molar-refractivity contribution >= 4 is 17.2 Å². The van der Waals surface area contributed by atoms with Gasteiger partial charge in [0, 0.05) is 56.6 Å². The number of hydrogen-bond donors (Lipinski definition) is 0. The highest BCUT2D eigenvalue weighted by atomic mass is 19.1. The molecule has 2 aromatic heterocycles. The molecule has 1 aliphatic heterocycles. The van der Waals surface area contributed by atoms with Crippen LogP contribution in [0.25, 0.3) is 28.0 Å². The van der Waals surface area contributed by atoms with Gasteiger partial charge in [-0.1, -0.05) is 54.1 Å². The molecular weight excluding hydrogens is 521 g/mol. The SMILES string of the molecule is Cc1cccc(-c2ccc3nc(-c4cccc([N+](=O)[O-])c4)c(CN4CCN(C(=O)c5ccccc5F)CC4)n3c2)c1. The van der Waals surface area contributed by atoms with Gasteiger partial charge in [0.15, 0.2) is 0 Å². The molecule has 0 aliphatic carbocycles. The van der Waals surface area contributed by atoms with E-state index in [2.05, 4.69) is 40.6 Å². The van der Waals surface area contributed by atoms with E-state index in [-0.39, 0.29) is 17.2 Å². The van der Waals surface area contributed by atoms with Crippen LogP contribution in [0, 0.1) is 22.9 Å². The van der Waals surface area contributed by atoms with Gasteiger partial charge in [-0.2, -0.15) is 0 Å². The van der Waals surface area contributed by atoms with Crippen molar-refractivity contribution in [2.45, 2.75) is 13.5 Å². The van der Waals surface area contributed by atoms with Gasteiger partial charge in [-0.15, -0.1) is 0 Å². The van der Waals surface area contributed by atoms with Crippen LogP contribution in [-0.2, 0) is 6.54 Å². The van der Waals surface area contributed by atoms with E-state index in [4.69, 9.17) is 4.98 Å². The topological polar surface area (TPSA) is 84.0 Å². The predicted octanol–water partition coefficient (Wildman–Crippen LogP) is 5.98. The number of aryl methyl sites for hydroxylation is 1. The van der Waals surface area contributed by atoms with E-state index in [1.807, 2.05) is 24.3 Å². The number of amides is 1. The average molecular weight is 550 g/mol. The fraction of sp³-hybridized carbons (Fsp3) is 0.188. The van der Waals surface area contributed by atoms with E-state index >= 15 is 0 Å². The summed E-state index contributed by atoms with van der Waals surface area (Å²) in [5, 5.41) is 11.5. The third-order valence-electron chi connectivity index (χ3n) is 7.54.